The lowest BCUT2D eigenvalue weighted by Crippen LogP contribution is -2.38. The Balaban J connectivity index is 1.23. The first-order chi connectivity index (χ1) is 21.5. The Kier molecular flexibility index (Phi) is 9.25. The average Bonchev–Trinajstić information content (AvgIpc) is 3.31. The molecule has 0 saturated carbocycles. The van der Waals surface area contributed by atoms with Crippen molar-refractivity contribution in [2.75, 3.05) is 18.1 Å². The summed E-state index contributed by atoms with van der Waals surface area (Å²) in [6.45, 7) is 2.41. The van der Waals surface area contributed by atoms with Gasteiger partial charge < -0.3 is 19.7 Å². The van der Waals surface area contributed by atoms with Crippen LogP contribution in [0.4, 0.5) is 0 Å². The molecular weight excluding hydrogens is 574 g/mol. The van der Waals surface area contributed by atoms with Gasteiger partial charge in [0.2, 0.25) is 0 Å². The van der Waals surface area contributed by atoms with Crippen molar-refractivity contribution >= 4 is 23.6 Å². The van der Waals surface area contributed by atoms with E-state index >= 15 is 0 Å². The summed E-state index contributed by atoms with van der Waals surface area (Å²) in [6.07, 6.45) is -0.884. The van der Waals surface area contributed by atoms with Crippen molar-refractivity contribution in [1.29, 1.82) is 0 Å². The van der Waals surface area contributed by atoms with Gasteiger partial charge in [0.15, 0.2) is 6.29 Å². The number of rotatable bonds is 10. The van der Waals surface area contributed by atoms with E-state index in [2.05, 4.69) is 6.92 Å². The fourth-order valence-electron chi connectivity index (χ4n) is 5.89. The lowest BCUT2D eigenvalue weighted by atomic mass is 9.91. The Hall–Kier alpha value is -3.79. The molecule has 2 amide bonds. The summed E-state index contributed by atoms with van der Waals surface area (Å²) >= 11 is 1.66. The molecule has 4 atom stereocenters. The number of aliphatic hydroxyl groups excluding tert-OH is 2. The van der Waals surface area contributed by atoms with Crippen molar-refractivity contribution in [2.45, 2.75) is 38.6 Å². The third kappa shape index (κ3) is 6.09. The first-order valence-electron chi connectivity index (χ1n) is 14.8. The number of hydrogen-bond donors (Lipinski definition) is 2. The number of amides is 2. The summed E-state index contributed by atoms with van der Waals surface area (Å²) in [7, 11) is 0. The van der Waals surface area contributed by atoms with Crippen molar-refractivity contribution in [3.63, 3.8) is 0 Å². The van der Waals surface area contributed by atoms with Gasteiger partial charge >= 0.3 is 0 Å². The van der Waals surface area contributed by atoms with Gasteiger partial charge in [-0.05, 0) is 39.9 Å². The first-order valence-corrected chi connectivity index (χ1v) is 16.0. The summed E-state index contributed by atoms with van der Waals surface area (Å²) in [6, 6.07) is 30.6. The number of thioether (sulfide) groups is 1. The topological polar surface area (TPSA) is 96.3 Å². The highest BCUT2D eigenvalue weighted by molar-refractivity contribution is 7.99. The number of benzene rings is 4. The number of ether oxygens (including phenoxy) is 2. The predicted molar refractivity (Wildman–Crippen MR) is 170 cm³/mol. The maximum atomic E-state index is 13.0. The molecular formula is C36H35NO6S. The molecule has 4 aromatic carbocycles. The van der Waals surface area contributed by atoms with E-state index < -0.39 is 6.29 Å². The number of carbonyl (C=O) groups excluding carboxylic acids is 2. The van der Waals surface area contributed by atoms with Crippen LogP contribution in [0.25, 0.3) is 11.1 Å². The predicted octanol–water partition coefficient (Wildman–Crippen LogP) is 6.16. The van der Waals surface area contributed by atoms with Crippen molar-refractivity contribution in [1.82, 2.24) is 4.90 Å². The zero-order valence-electron chi connectivity index (χ0n) is 24.5. The van der Waals surface area contributed by atoms with Crippen LogP contribution in [-0.4, -0.2) is 51.1 Å². The molecule has 8 heteroatoms. The van der Waals surface area contributed by atoms with E-state index in [1.54, 1.807) is 36.0 Å². The van der Waals surface area contributed by atoms with Gasteiger partial charge in [0.05, 0.1) is 43.1 Å². The zero-order chi connectivity index (χ0) is 30.6. The van der Waals surface area contributed by atoms with Gasteiger partial charge in [0.1, 0.15) is 0 Å². The molecule has 1 fully saturated rings. The van der Waals surface area contributed by atoms with Crippen LogP contribution in [0.3, 0.4) is 0 Å². The van der Waals surface area contributed by atoms with Crippen LogP contribution in [0.2, 0.25) is 0 Å². The largest absolute Gasteiger partial charge is 0.396 e. The molecule has 1 saturated heterocycles. The van der Waals surface area contributed by atoms with Crippen LogP contribution < -0.4 is 0 Å². The first kappa shape index (κ1) is 30.2. The standard InChI is InChI=1S/C36H35NO6S/c1-23-32(22-44-19-18-38)42-36(43-33(23)26-12-10-24(21-39)11-13-26)27-16-14-25(15-17-27)29-7-3-2-6-28(29)20-37-34(40)30-8-4-5-9-31(30)35(37)41/h2-17,23,32-33,36,38-39H,18-22H2,1H3/t23-,32+,33+,36+/m1/s1. The van der Waals surface area contributed by atoms with Gasteiger partial charge in [0.25, 0.3) is 11.8 Å². The number of hydrogen-bond acceptors (Lipinski definition) is 7. The van der Waals surface area contributed by atoms with Crippen molar-refractivity contribution in [2.24, 2.45) is 5.92 Å². The summed E-state index contributed by atoms with van der Waals surface area (Å²) in [5.74, 6) is 0.900. The Morgan fingerprint density at radius 3 is 2.00 bits per heavy atom. The van der Waals surface area contributed by atoms with Gasteiger partial charge in [-0.1, -0.05) is 91.9 Å². The highest BCUT2D eigenvalue weighted by atomic mass is 32.2. The van der Waals surface area contributed by atoms with Crippen molar-refractivity contribution in [3.8, 4) is 11.1 Å². The second-order valence-corrected chi connectivity index (χ2v) is 12.3. The van der Waals surface area contributed by atoms with E-state index in [0.717, 1.165) is 39.1 Å². The Labute approximate surface area is 261 Å². The summed E-state index contributed by atoms with van der Waals surface area (Å²) in [4.78, 5) is 27.4. The van der Waals surface area contributed by atoms with Crippen molar-refractivity contribution < 1.29 is 29.3 Å². The SMILES string of the molecule is C[C@@H]1[C@H](CSCCO)O[C@H](c2ccc(-c3ccccc3CN3C(=O)c4ccccc4C3=O)cc2)O[C@@H]1c1ccc(CO)cc1. The summed E-state index contributed by atoms with van der Waals surface area (Å²) < 4.78 is 13.1. The minimum absolute atomic E-state index is 0.0126. The molecule has 2 N–H and O–H groups in total. The number of carbonyl (C=O) groups is 2. The minimum Gasteiger partial charge on any atom is -0.396 e. The molecule has 44 heavy (non-hydrogen) atoms. The van der Waals surface area contributed by atoms with E-state index in [0.29, 0.717) is 16.9 Å². The third-order valence-electron chi connectivity index (χ3n) is 8.36. The highest BCUT2D eigenvalue weighted by Gasteiger charge is 2.38. The molecule has 2 heterocycles. The van der Waals surface area contributed by atoms with E-state index in [-0.39, 0.29) is 49.7 Å². The second kappa shape index (κ2) is 13.5. The van der Waals surface area contributed by atoms with Crippen LogP contribution in [0.1, 0.15) is 62.3 Å². The van der Waals surface area contributed by atoms with Crippen LogP contribution >= 0.6 is 11.8 Å². The molecule has 0 bridgehead atoms. The molecule has 7 nitrogen and oxygen atoms in total. The van der Waals surface area contributed by atoms with E-state index in [1.807, 2.05) is 72.8 Å². The molecule has 4 aromatic rings. The Morgan fingerprint density at radius 2 is 1.36 bits per heavy atom. The second-order valence-electron chi connectivity index (χ2n) is 11.1. The molecule has 0 aliphatic carbocycles. The summed E-state index contributed by atoms with van der Waals surface area (Å²) in [5.41, 5.74) is 6.41. The fourth-order valence-corrected chi connectivity index (χ4v) is 6.80. The molecule has 226 valence electrons. The molecule has 0 aromatic heterocycles. The number of nitrogens with zero attached hydrogens (tertiary/aromatic N) is 1. The third-order valence-corrected chi connectivity index (χ3v) is 9.39. The Bertz CT molecular complexity index is 1590. The van der Waals surface area contributed by atoms with E-state index in [4.69, 9.17) is 9.47 Å². The minimum atomic E-state index is -0.587. The van der Waals surface area contributed by atoms with E-state index in [9.17, 15) is 19.8 Å². The highest BCUT2D eigenvalue weighted by Crippen LogP contribution is 2.43. The number of aliphatic hydroxyl groups is 2. The lowest BCUT2D eigenvalue weighted by molar-refractivity contribution is -0.268. The number of imide groups is 1. The smallest absolute Gasteiger partial charge is 0.261 e. The molecule has 2 aliphatic heterocycles. The molecule has 0 spiro atoms. The monoisotopic (exact) mass is 609 g/mol. The van der Waals surface area contributed by atoms with Crippen LogP contribution in [0.15, 0.2) is 97.1 Å². The van der Waals surface area contributed by atoms with Gasteiger partial charge in [-0.3, -0.25) is 14.5 Å². The fraction of sp³-hybridized carbons (Fsp3) is 0.278. The lowest BCUT2D eigenvalue weighted by Gasteiger charge is -2.41. The van der Waals surface area contributed by atoms with Crippen molar-refractivity contribution in [3.05, 3.63) is 130 Å². The molecule has 0 unspecified atom stereocenters. The molecule has 6 rings (SSSR count). The normalized spacial score (nSPS) is 21.5. The van der Waals surface area contributed by atoms with Gasteiger partial charge in [-0.2, -0.15) is 11.8 Å². The molecule has 0 radical (unpaired) electrons. The molecule has 2 aliphatic rings. The maximum Gasteiger partial charge on any atom is 0.261 e. The average molecular weight is 610 g/mol. The van der Waals surface area contributed by atoms with E-state index in [1.165, 1.54) is 4.90 Å². The Morgan fingerprint density at radius 1 is 0.750 bits per heavy atom. The van der Waals surface area contributed by atoms with Crippen LogP contribution in [0, 0.1) is 5.92 Å². The quantitative estimate of drug-likeness (QED) is 0.164. The zero-order valence-corrected chi connectivity index (χ0v) is 25.3. The summed E-state index contributed by atoms with van der Waals surface area (Å²) in [5, 5.41) is 18.8. The van der Waals surface area contributed by atoms with Crippen LogP contribution in [-0.2, 0) is 22.6 Å². The van der Waals surface area contributed by atoms with Crippen LogP contribution in [0.5, 0.6) is 0 Å². The van der Waals surface area contributed by atoms with Gasteiger partial charge in [0, 0.05) is 23.0 Å². The van der Waals surface area contributed by atoms with Gasteiger partial charge in [-0.25, -0.2) is 0 Å². The maximum absolute atomic E-state index is 13.0. The van der Waals surface area contributed by atoms with Gasteiger partial charge in [-0.15, -0.1) is 0 Å². The number of fused-ring (bicyclic) bond motifs is 1.